The largest absolute Gasteiger partial charge is 0.302 e. The van der Waals surface area contributed by atoms with Crippen molar-refractivity contribution in [3.8, 4) is 0 Å². The van der Waals surface area contributed by atoms with E-state index in [1.54, 1.807) is 15.6 Å². The standard InChI is InChI=1S/C20H26ClN5OS.ClH/c1-5-24(6-2)11-12-25(19(27)17-9-10-26(23-17)14(3)4)20-22-16-8-7-15(21)13-18(16)28-20;/h7-10,13-14H,5-6,11-12H2,1-4H3;1H. The quantitative estimate of drug-likeness (QED) is 0.471. The average Bonchev–Trinajstić information content (AvgIpc) is 3.31. The number of anilines is 1. The van der Waals surface area contributed by atoms with Crippen LogP contribution in [-0.2, 0) is 0 Å². The van der Waals surface area contributed by atoms with Gasteiger partial charge >= 0.3 is 0 Å². The fourth-order valence-corrected chi connectivity index (χ4v) is 4.21. The summed E-state index contributed by atoms with van der Waals surface area (Å²) in [6.45, 7) is 11.5. The lowest BCUT2D eigenvalue weighted by Gasteiger charge is -2.24. The summed E-state index contributed by atoms with van der Waals surface area (Å²) in [5, 5.41) is 5.80. The molecule has 0 N–H and O–H groups in total. The van der Waals surface area contributed by atoms with Gasteiger partial charge in [-0.3, -0.25) is 14.4 Å². The number of likely N-dealkylation sites (N-methyl/N-ethyl adjacent to an activating group) is 1. The highest BCUT2D eigenvalue weighted by Gasteiger charge is 2.24. The summed E-state index contributed by atoms with van der Waals surface area (Å²) >= 11 is 7.60. The maximum absolute atomic E-state index is 13.3. The highest BCUT2D eigenvalue weighted by atomic mass is 35.5. The van der Waals surface area contributed by atoms with Crippen molar-refractivity contribution in [3.63, 3.8) is 0 Å². The van der Waals surface area contributed by atoms with E-state index in [2.05, 4.69) is 28.8 Å². The number of nitrogens with zero attached hydrogens (tertiary/aromatic N) is 5. The van der Waals surface area contributed by atoms with Crippen LogP contribution in [0.5, 0.6) is 0 Å². The number of thiazole rings is 1. The molecule has 0 fully saturated rings. The van der Waals surface area contributed by atoms with Gasteiger partial charge in [0.1, 0.15) is 0 Å². The number of hydrogen-bond acceptors (Lipinski definition) is 5. The Kier molecular flexibility index (Phi) is 8.46. The van der Waals surface area contributed by atoms with Crippen LogP contribution in [0, 0.1) is 0 Å². The third kappa shape index (κ3) is 5.48. The summed E-state index contributed by atoms with van der Waals surface area (Å²) in [5.74, 6) is -0.128. The Morgan fingerprint density at radius 3 is 2.55 bits per heavy atom. The van der Waals surface area contributed by atoms with E-state index in [-0.39, 0.29) is 24.4 Å². The van der Waals surface area contributed by atoms with Gasteiger partial charge in [-0.05, 0) is 51.2 Å². The average molecular weight is 456 g/mol. The van der Waals surface area contributed by atoms with Gasteiger partial charge in [0.25, 0.3) is 5.91 Å². The maximum atomic E-state index is 13.3. The molecule has 3 aromatic rings. The Balaban J connectivity index is 0.00000300. The molecule has 0 aliphatic carbocycles. The third-order valence-corrected chi connectivity index (χ3v) is 5.98. The summed E-state index contributed by atoms with van der Waals surface area (Å²) in [7, 11) is 0. The molecule has 2 heterocycles. The van der Waals surface area contributed by atoms with Gasteiger partial charge in [0.2, 0.25) is 0 Å². The van der Waals surface area contributed by atoms with Crippen LogP contribution in [0.1, 0.15) is 44.2 Å². The predicted octanol–water partition coefficient (Wildman–Crippen LogP) is 5.14. The second-order valence-corrected chi connectivity index (χ2v) is 8.31. The molecule has 29 heavy (non-hydrogen) atoms. The third-order valence-electron chi connectivity index (χ3n) is 4.71. The molecule has 6 nitrogen and oxygen atoms in total. The maximum Gasteiger partial charge on any atom is 0.280 e. The molecular formula is C20H27Cl2N5OS. The van der Waals surface area contributed by atoms with Gasteiger partial charge in [-0.15, -0.1) is 12.4 Å². The lowest BCUT2D eigenvalue weighted by Crippen LogP contribution is -2.39. The summed E-state index contributed by atoms with van der Waals surface area (Å²) in [6.07, 6.45) is 1.85. The molecule has 0 spiro atoms. The number of hydrogen-bond donors (Lipinski definition) is 0. The first-order valence-electron chi connectivity index (χ1n) is 9.58. The van der Waals surface area contributed by atoms with Crippen LogP contribution in [0.25, 0.3) is 10.2 Å². The molecule has 0 saturated heterocycles. The summed E-state index contributed by atoms with van der Waals surface area (Å²) in [4.78, 5) is 22.0. The summed E-state index contributed by atoms with van der Waals surface area (Å²) in [5.41, 5.74) is 1.28. The molecule has 0 unspecified atom stereocenters. The summed E-state index contributed by atoms with van der Waals surface area (Å²) < 4.78 is 2.77. The van der Waals surface area contributed by atoms with Crippen molar-refractivity contribution >= 4 is 56.6 Å². The van der Waals surface area contributed by atoms with Crippen molar-refractivity contribution in [2.45, 2.75) is 33.7 Å². The monoisotopic (exact) mass is 455 g/mol. The molecule has 0 atom stereocenters. The van der Waals surface area contributed by atoms with Crippen LogP contribution < -0.4 is 4.90 Å². The molecular weight excluding hydrogens is 429 g/mol. The number of halogens is 2. The van der Waals surface area contributed by atoms with Crippen molar-refractivity contribution in [2.75, 3.05) is 31.1 Å². The van der Waals surface area contributed by atoms with Crippen LogP contribution in [0.4, 0.5) is 5.13 Å². The predicted molar refractivity (Wildman–Crippen MR) is 124 cm³/mol. The van der Waals surface area contributed by atoms with Gasteiger partial charge in [0.15, 0.2) is 10.8 Å². The van der Waals surface area contributed by atoms with E-state index in [1.165, 1.54) is 11.3 Å². The highest BCUT2D eigenvalue weighted by molar-refractivity contribution is 7.22. The molecule has 1 aromatic carbocycles. The minimum atomic E-state index is -0.128. The van der Waals surface area contributed by atoms with E-state index in [9.17, 15) is 4.79 Å². The van der Waals surface area contributed by atoms with Crippen molar-refractivity contribution in [1.82, 2.24) is 19.7 Å². The van der Waals surface area contributed by atoms with E-state index in [0.717, 1.165) is 29.9 Å². The Hall–Kier alpha value is -1.67. The van der Waals surface area contributed by atoms with E-state index in [4.69, 9.17) is 11.6 Å². The first-order valence-corrected chi connectivity index (χ1v) is 10.8. The summed E-state index contributed by atoms with van der Waals surface area (Å²) in [6, 6.07) is 7.57. The molecule has 0 saturated carbocycles. The molecule has 158 valence electrons. The second kappa shape index (κ2) is 10.4. The Bertz CT molecular complexity index is 951. The number of carbonyl (C=O) groups is 1. The fourth-order valence-electron chi connectivity index (χ4n) is 2.95. The zero-order valence-corrected chi connectivity index (χ0v) is 19.5. The number of rotatable bonds is 8. The number of benzene rings is 1. The topological polar surface area (TPSA) is 54.3 Å². The van der Waals surface area contributed by atoms with Gasteiger partial charge < -0.3 is 4.90 Å². The van der Waals surface area contributed by atoms with Crippen LogP contribution >= 0.6 is 35.3 Å². The minimum absolute atomic E-state index is 0. The van der Waals surface area contributed by atoms with Crippen LogP contribution in [-0.4, -0.2) is 51.8 Å². The van der Waals surface area contributed by atoms with E-state index < -0.39 is 0 Å². The zero-order chi connectivity index (χ0) is 20.3. The van der Waals surface area contributed by atoms with Crippen molar-refractivity contribution in [3.05, 3.63) is 41.2 Å². The Morgan fingerprint density at radius 2 is 1.93 bits per heavy atom. The number of amides is 1. The SMILES string of the molecule is CCN(CC)CCN(C(=O)c1ccn(C(C)C)n1)c1nc2ccc(Cl)cc2s1.Cl. The van der Waals surface area contributed by atoms with E-state index >= 15 is 0 Å². The smallest absolute Gasteiger partial charge is 0.280 e. The number of fused-ring (bicyclic) bond motifs is 1. The molecule has 1 amide bonds. The molecule has 0 bridgehead atoms. The van der Waals surface area contributed by atoms with Gasteiger partial charge in [-0.2, -0.15) is 5.10 Å². The van der Waals surface area contributed by atoms with Crippen molar-refractivity contribution < 1.29 is 4.79 Å². The van der Waals surface area contributed by atoms with Crippen molar-refractivity contribution in [1.29, 1.82) is 0 Å². The van der Waals surface area contributed by atoms with Crippen LogP contribution in [0.15, 0.2) is 30.5 Å². The minimum Gasteiger partial charge on any atom is -0.302 e. The first-order chi connectivity index (χ1) is 13.4. The lowest BCUT2D eigenvalue weighted by atomic mass is 10.3. The number of aromatic nitrogens is 3. The molecule has 0 aliphatic heterocycles. The highest BCUT2D eigenvalue weighted by Crippen LogP contribution is 2.31. The zero-order valence-electron chi connectivity index (χ0n) is 17.1. The molecule has 9 heteroatoms. The van der Waals surface area contributed by atoms with Crippen LogP contribution in [0.2, 0.25) is 5.02 Å². The second-order valence-electron chi connectivity index (χ2n) is 6.87. The van der Waals surface area contributed by atoms with Gasteiger partial charge in [-0.25, -0.2) is 4.98 Å². The number of carbonyl (C=O) groups excluding carboxylic acids is 1. The molecule has 2 aromatic heterocycles. The van der Waals surface area contributed by atoms with E-state index in [1.807, 2.05) is 38.2 Å². The molecule has 3 rings (SSSR count). The molecule has 0 aliphatic rings. The Morgan fingerprint density at radius 1 is 1.21 bits per heavy atom. The first kappa shape index (κ1) is 23.6. The van der Waals surface area contributed by atoms with Gasteiger partial charge in [0, 0.05) is 30.4 Å². The molecule has 0 radical (unpaired) electrons. The lowest BCUT2D eigenvalue weighted by molar-refractivity contribution is 0.0978. The van der Waals surface area contributed by atoms with Gasteiger partial charge in [0.05, 0.1) is 10.2 Å². The van der Waals surface area contributed by atoms with Crippen molar-refractivity contribution in [2.24, 2.45) is 0 Å². The fraction of sp³-hybridized carbons (Fsp3) is 0.450. The normalized spacial score (nSPS) is 11.3. The van der Waals surface area contributed by atoms with Crippen LogP contribution in [0.3, 0.4) is 0 Å². The van der Waals surface area contributed by atoms with E-state index in [0.29, 0.717) is 22.4 Å². The Labute approximate surface area is 186 Å². The van der Waals surface area contributed by atoms with Gasteiger partial charge in [-0.1, -0.05) is 36.8 Å².